The molecule has 4 atom stereocenters. The third kappa shape index (κ3) is 2.59. The summed E-state index contributed by atoms with van der Waals surface area (Å²) in [5, 5.41) is 0. The van der Waals surface area contributed by atoms with Crippen molar-refractivity contribution in [3.63, 3.8) is 0 Å². The fourth-order valence-corrected chi connectivity index (χ4v) is 3.46. The van der Waals surface area contributed by atoms with Gasteiger partial charge in [0.25, 0.3) is 0 Å². The topological polar surface area (TPSA) is 90.6 Å². The maximum atomic E-state index is 12.9. The lowest BCUT2D eigenvalue weighted by Crippen LogP contribution is -2.49. The van der Waals surface area contributed by atoms with E-state index >= 15 is 0 Å². The highest BCUT2D eigenvalue weighted by molar-refractivity contribution is 5.85. The van der Waals surface area contributed by atoms with Crippen molar-refractivity contribution in [1.82, 2.24) is 19.6 Å². The van der Waals surface area contributed by atoms with Crippen molar-refractivity contribution in [3.05, 3.63) is 0 Å². The van der Waals surface area contributed by atoms with E-state index in [9.17, 15) is 9.59 Å². The van der Waals surface area contributed by atoms with E-state index in [0.717, 1.165) is 0 Å². The van der Waals surface area contributed by atoms with Crippen LogP contribution in [0.2, 0.25) is 0 Å². The van der Waals surface area contributed by atoms with Crippen LogP contribution in [0.25, 0.3) is 0 Å². The van der Waals surface area contributed by atoms with Gasteiger partial charge in [0.1, 0.15) is 13.5 Å². The summed E-state index contributed by atoms with van der Waals surface area (Å²) < 4.78 is 20.9. The van der Waals surface area contributed by atoms with Crippen LogP contribution in [0.1, 0.15) is 0 Å². The Balaban J connectivity index is 1.64. The number of methoxy groups -OCH3 is 2. The van der Waals surface area contributed by atoms with Crippen LogP contribution in [0.4, 0.5) is 9.59 Å². The Kier molecular flexibility index (Phi) is 3.99. The molecule has 0 saturated carbocycles. The van der Waals surface area contributed by atoms with Crippen molar-refractivity contribution in [2.75, 3.05) is 54.0 Å². The Morgan fingerprint density at radius 1 is 0.833 bits per heavy atom. The second-order valence-electron chi connectivity index (χ2n) is 6.38. The molecule has 0 aromatic carbocycles. The number of ether oxygens (including phenoxy) is 4. The molecule has 10 heteroatoms. The molecular weight excluding hydrogens is 320 g/mol. The van der Waals surface area contributed by atoms with Crippen LogP contribution in [-0.4, -0.2) is 110 Å². The largest absolute Gasteiger partial charge is 0.371 e. The molecule has 4 amide bonds. The van der Waals surface area contributed by atoms with E-state index in [1.165, 1.54) is 14.2 Å². The number of amides is 4. The second-order valence-corrected chi connectivity index (χ2v) is 6.38. The smallest absolute Gasteiger partial charge is 0.325 e. The summed E-state index contributed by atoms with van der Waals surface area (Å²) in [5.74, 6) is 0. The van der Waals surface area contributed by atoms with Crippen LogP contribution in [0, 0.1) is 0 Å². The quantitative estimate of drug-likeness (QED) is 0.532. The molecular formula is C14H22N4O6. The van der Waals surface area contributed by atoms with Gasteiger partial charge in [0.2, 0.25) is 0 Å². The fraction of sp³-hybridized carbons (Fsp3) is 0.857. The maximum Gasteiger partial charge on any atom is 0.325 e. The van der Waals surface area contributed by atoms with E-state index in [4.69, 9.17) is 18.9 Å². The van der Waals surface area contributed by atoms with Gasteiger partial charge < -0.3 is 18.9 Å². The molecule has 4 aliphatic rings. The van der Waals surface area contributed by atoms with Gasteiger partial charge >= 0.3 is 12.1 Å². The highest BCUT2D eigenvalue weighted by Gasteiger charge is 2.60. The second kappa shape index (κ2) is 6.03. The van der Waals surface area contributed by atoms with Gasteiger partial charge in [0.05, 0.1) is 38.5 Å². The molecule has 24 heavy (non-hydrogen) atoms. The van der Waals surface area contributed by atoms with Gasteiger partial charge in [-0.3, -0.25) is 19.6 Å². The first-order valence-electron chi connectivity index (χ1n) is 8.01. The standard InChI is InChI=1S/C14H22N4O6/c1-21-7-17-11-12(16(13(17)19)4-10-6-24-10)18(8-22-2)14(20)15(11)3-9-5-23-9/h9-12H,3-8H2,1-2H3. The molecule has 0 spiro atoms. The normalized spacial score (nSPS) is 34.4. The van der Waals surface area contributed by atoms with Crippen LogP contribution in [-0.2, 0) is 18.9 Å². The predicted molar refractivity (Wildman–Crippen MR) is 78.7 cm³/mol. The lowest BCUT2D eigenvalue weighted by atomic mass is 10.3. The lowest BCUT2D eigenvalue weighted by Gasteiger charge is -2.28. The summed E-state index contributed by atoms with van der Waals surface area (Å²) >= 11 is 0. The molecule has 0 N–H and O–H groups in total. The molecule has 4 aliphatic heterocycles. The average molecular weight is 342 g/mol. The van der Waals surface area contributed by atoms with Gasteiger partial charge in [0, 0.05) is 14.2 Å². The first-order chi connectivity index (χ1) is 11.7. The Morgan fingerprint density at radius 3 is 1.50 bits per heavy atom. The molecule has 134 valence electrons. The summed E-state index contributed by atoms with van der Waals surface area (Å²) in [6.45, 7) is 2.45. The highest BCUT2D eigenvalue weighted by Crippen LogP contribution is 2.36. The monoisotopic (exact) mass is 342 g/mol. The summed E-state index contributed by atoms with van der Waals surface area (Å²) in [7, 11) is 3.07. The number of carbonyl (C=O) groups is 2. The van der Waals surface area contributed by atoms with Crippen molar-refractivity contribution in [2.45, 2.75) is 24.5 Å². The van der Waals surface area contributed by atoms with Gasteiger partial charge in [-0.25, -0.2) is 9.59 Å². The number of nitrogens with zero attached hydrogens (tertiary/aromatic N) is 4. The van der Waals surface area contributed by atoms with Gasteiger partial charge in [-0.2, -0.15) is 0 Å². The maximum absolute atomic E-state index is 12.9. The fourth-order valence-electron chi connectivity index (χ4n) is 3.46. The summed E-state index contributed by atoms with van der Waals surface area (Å²) in [5.41, 5.74) is 0. The molecule has 0 radical (unpaired) electrons. The number of fused-ring (bicyclic) bond motifs is 1. The van der Waals surface area contributed by atoms with Crippen molar-refractivity contribution >= 4 is 12.1 Å². The lowest BCUT2D eigenvalue weighted by molar-refractivity contribution is 0.0209. The predicted octanol–water partition coefficient (Wildman–Crippen LogP) is -0.881. The first-order valence-corrected chi connectivity index (χ1v) is 8.01. The molecule has 4 heterocycles. The van der Waals surface area contributed by atoms with Crippen LogP contribution in [0.5, 0.6) is 0 Å². The molecule has 10 nitrogen and oxygen atoms in total. The van der Waals surface area contributed by atoms with Crippen molar-refractivity contribution in [2.24, 2.45) is 0 Å². The Labute approximate surface area is 139 Å². The summed E-state index contributed by atoms with van der Waals surface area (Å²) in [4.78, 5) is 32.3. The highest BCUT2D eigenvalue weighted by atomic mass is 16.6. The number of hydrogen-bond donors (Lipinski definition) is 0. The molecule has 0 bridgehead atoms. The van der Waals surface area contributed by atoms with E-state index < -0.39 is 12.3 Å². The first kappa shape index (κ1) is 15.9. The Bertz CT molecular complexity index is 479. The third-order valence-electron chi connectivity index (χ3n) is 4.67. The van der Waals surface area contributed by atoms with Crippen LogP contribution in [0.15, 0.2) is 0 Å². The summed E-state index contributed by atoms with van der Waals surface area (Å²) in [6, 6.07) is -0.310. The zero-order chi connectivity index (χ0) is 16.8. The van der Waals surface area contributed by atoms with E-state index in [1.54, 1.807) is 19.6 Å². The van der Waals surface area contributed by atoms with E-state index in [2.05, 4.69) is 0 Å². The van der Waals surface area contributed by atoms with E-state index in [-0.39, 0.29) is 37.7 Å². The third-order valence-corrected chi connectivity index (χ3v) is 4.67. The van der Waals surface area contributed by atoms with Crippen molar-refractivity contribution < 1.29 is 28.5 Å². The number of urea groups is 2. The minimum absolute atomic E-state index is 0.0393. The van der Waals surface area contributed by atoms with Gasteiger partial charge in [-0.05, 0) is 0 Å². The SMILES string of the molecule is COCN1C(=O)N(CC2CO2)C2C1N(CC1CO1)C(=O)N2COC. The average Bonchev–Trinajstić information content (AvgIpc) is 3.47. The molecule has 0 aromatic heterocycles. The molecule has 4 rings (SSSR count). The van der Waals surface area contributed by atoms with Gasteiger partial charge in [-0.15, -0.1) is 0 Å². The van der Waals surface area contributed by atoms with E-state index in [0.29, 0.717) is 26.3 Å². The molecule has 0 aromatic rings. The van der Waals surface area contributed by atoms with Crippen LogP contribution in [0.3, 0.4) is 0 Å². The Morgan fingerprint density at radius 2 is 1.21 bits per heavy atom. The van der Waals surface area contributed by atoms with Gasteiger partial charge in [-0.1, -0.05) is 0 Å². The molecule has 4 unspecified atom stereocenters. The van der Waals surface area contributed by atoms with Crippen LogP contribution < -0.4 is 0 Å². The zero-order valence-corrected chi connectivity index (χ0v) is 13.8. The summed E-state index contributed by atoms with van der Waals surface area (Å²) in [6.07, 6.45) is -0.749. The molecule has 4 fully saturated rings. The van der Waals surface area contributed by atoms with E-state index in [1.807, 2.05) is 0 Å². The minimum atomic E-state index is -0.414. The minimum Gasteiger partial charge on any atom is -0.371 e. The number of hydrogen-bond acceptors (Lipinski definition) is 6. The molecule has 0 aliphatic carbocycles. The zero-order valence-electron chi connectivity index (χ0n) is 13.8. The number of epoxide rings is 2. The molecule has 4 saturated heterocycles. The van der Waals surface area contributed by atoms with Crippen molar-refractivity contribution in [3.8, 4) is 0 Å². The van der Waals surface area contributed by atoms with Gasteiger partial charge in [0.15, 0.2) is 12.3 Å². The Hall–Kier alpha value is -1.62. The number of rotatable bonds is 8. The van der Waals surface area contributed by atoms with Crippen LogP contribution >= 0.6 is 0 Å². The van der Waals surface area contributed by atoms with Crippen molar-refractivity contribution in [1.29, 1.82) is 0 Å². The number of carbonyl (C=O) groups excluding carboxylic acids is 2.